The first kappa shape index (κ1) is 17.5. The second-order valence-corrected chi connectivity index (χ2v) is 8.08. The summed E-state index contributed by atoms with van der Waals surface area (Å²) < 4.78 is 1.93. The molecule has 0 saturated heterocycles. The average molecular weight is 399 g/mol. The molecule has 2 unspecified atom stereocenters. The Morgan fingerprint density at radius 3 is 2.42 bits per heavy atom. The molecule has 1 aromatic heterocycles. The van der Waals surface area contributed by atoms with E-state index in [9.17, 15) is 0 Å². The molecule has 130 valence electrons. The minimum atomic E-state index is -0.268. The molecule has 0 aliphatic heterocycles. The highest BCUT2D eigenvalue weighted by Crippen LogP contribution is 2.45. The number of fused-ring (bicyclic) bond motifs is 1. The molecule has 26 heavy (non-hydrogen) atoms. The van der Waals surface area contributed by atoms with Gasteiger partial charge in [0.15, 0.2) is 0 Å². The summed E-state index contributed by atoms with van der Waals surface area (Å²) in [5.41, 5.74) is 0.858. The highest BCUT2D eigenvalue weighted by Gasteiger charge is 2.24. The van der Waals surface area contributed by atoms with E-state index in [-0.39, 0.29) is 10.8 Å². The third-order valence-corrected chi connectivity index (χ3v) is 6.43. The highest BCUT2D eigenvalue weighted by molar-refractivity contribution is 7.99. The first-order valence-electron chi connectivity index (χ1n) is 8.23. The van der Waals surface area contributed by atoms with Crippen LogP contribution in [0.4, 0.5) is 0 Å². The molecular formula is C21H16Cl2N2S. The van der Waals surface area contributed by atoms with Crippen molar-refractivity contribution in [2.75, 3.05) is 0 Å². The third-order valence-electron chi connectivity index (χ3n) is 4.24. The Morgan fingerprint density at radius 2 is 1.69 bits per heavy atom. The van der Waals surface area contributed by atoms with Gasteiger partial charge in [-0.15, -0.1) is 11.8 Å². The van der Waals surface area contributed by atoms with Crippen LogP contribution in [0.3, 0.4) is 0 Å². The van der Waals surface area contributed by atoms with Crippen molar-refractivity contribution in [3.05, 3.63) is 96.0 Å². The molecule has 0 spiro atoms. The summed E-state index contributed by atoms with van der Waals surface area (Å²) in [6, 6.07) is 22.8. The predicted molar refractivity (Wildman–Crippen MR) is 111 cm³/mol. The van der Waals surface area contributed by atoms with E-state index in [4.69, 9.17) is 23.2 Å². The van der Waals surface area contributed by atoms with E-state index < -0.39 is 0 Å². The zero-order valence-electron chi connectivity index (χ0n) is 13.8. The molecular weight excluding hydrogens is 383 g/mol. The zero-order chi connectivity index (χ0) is 17.9. The fraction of sp³-hybridized carbons (Fsp3) is 0.0952. The lowest BCUT2D eigenvalue weighted by Gasteiger charge is -2.23. The molecule has 4 aromatic rings. The van der Waals surface area contributed by atoms with Gasteiger partial charge in [0.2, 0.25) is 0 Å². The van der Waals surface area contributed by atoms with Gasteiger partial charge in [-0.1, -0.05) is 65.7 Å². The Kier molecular flexibility index (Phi) is 5.21. The minimum Gasteiger partial charge on any atom is -0.319 e. The second kappa shape index (κ2) is 7.75. The summed E-state index contributed by atoms with van der Waals surface area (Å²) in [5, 5.41) is 3.19. The molecule has 1 heterocycles. The number of imidazole rings is 1. The van der Waals surface area contributed by atoms with Crippen molar-refractivity contribution in [3.8, 4) is 0 Å². The Bertz CT molecular complexity index is 1000. The largest absolute Gasteiger partial charge is 0.319 e. The molecule has 2 nitrogen and oxygen atoms in total. The van der Waals surface area contributed by atoms with Gasteiger partial charge in [-0.3, -0.25) is 0 Å². The van der Waals surface area contributed by atoms with E-state index >= 15 is 0 Å². The van der Waals surface area contributed by atoms with Crippen LogP contribution in [0.5, 0.6) is 0 Å². The van der Waals surface area contributed by atoms with E-state index in [0.29, 0.717) is 0 Å². The van der Waals surface area contributed by atoms with Crippen molar-refractivity contribution < 1.29 is 0 Å². The molecule has 0 amide bonds. The molecule has 0 fully saturated rings. The van der Waals surface area contributed by atoms with Crippen LogP contribution < -0.4 is 0 Å². The SMILES string of the molecule is Clc1ccc(C(Sc2ccc3ccccc3c2)C(Cl)n2ccnc2)cc1. The molecule has 2 atom stereocenters. The lowest BCUT2D eigenvalue weighted by atomic mass is 10.1. The fourth-order valence-electron chi connectivity index (χ4n) is 2.89. The van der Waals surface area contributed by atoms with Crippen LogP contribution in [0.2, 0.25) is 5.02 Å². The summed E-state index contributed by atoms with van der Waals surface area (Å²) in [6.07, 6.45) is 5.39. The molecule has 0 aliphatic carbocycles. The van der Waals surface area contributed by atoms with E-state index in [2.05, 4.69) is 47.4 Å². The molecule has 3 aromatic carbocycles. The smallest absolute Gasteiger partial charge is 0.125 e. The minimum absolute atomic E-state index is 0.0179. The van der Waals surface area contributed by atoms with Gasteiger partial charge in [0.05, 0.1) is 11.6 Å². The summed E-state index contributed by atoms with van der Waals surface area (Å²) >= 11 is 14.6. The fourth-order valence-corrected chi connectivity index (χ4v) is 4.62. The number of aromatic nitrogens is 2. The number of nitrogens with zero attached hydrogens (tertiary/aromatic N) is 2. The second-order valence-electron chi connectivity index (χ2n) is 5.98. The van der Waals surface area contributed by atoms with Crippen molar-refractivity contribution in [2.45, 2.75) is 15.6 Å². The van der Waals surface area contributed by atoms with Gasteiger partial charge in [-0.2, -0.15) is 0 Å². The molecule has 0 aliphatic rings. The standard InChI is InChI=1S/C21H16Cl2N2S/c22-18-8-5-16(6-9-18)20(21(23)25-12-11-24-14-25)26-19-10-7-15-3-1-2-4-17(15)13-19/h1-14,20-21H. The van der Waals surface area contributed by atoms with Crippen LogP contribution >= 0.6 is 35.0 Å². The lowest BCUT2D eigenvalue weighted by Crippen LogP contribution is -2.09. The maximum atomic E-state index is 6.83. The van der Waals surface area contributed by atoms with Gasteiger partial charge < -0.3 is 4.57 Å². The van der Waals surface area contributed by atoms with Gasteiger partial charge in [-0.05, 0) is 40.6 Å². The predicted octanol–water partition coefficient (Wildman–Crippen LogP) is 6.96. The van der Waals surface area contributed by atoms with Gasteiger partial charge >= 0.3 is 0 Å². The summed E-state index contributed by atoms with van der Waals surface area (Å²) in [4.78, 5) is 5.30. The number of hydrogen-bond donors (Lipinski definition) is 0. The van der Waals surface area contributed by atoms with Crippen molar-refractivity contribution in [3.63, 3.8) is 0 Å². The number of benzene rings is 3. The average Bonchev–Trinajstić information content (AvgIpc) is 3.21. The Balaban J connectivity index is 1.70. The van der Waals surface area contributed by atoms with Crippen molar-refractivity contribution >= 4 is 45.7 Å². The molecule has 0 N–H and O–H groups in total. The molecule has 5 heteroatoms. The Hall–Kier alpha value is -1.94. The van der Waals surface area contributed by atoms with Crippen LogP contribution in [0.25, 0.3) is 10.8 Å². The van der Waals surface area contributed by atoms with Crippen molar-refractivity contribution in [1.29, 1.82) is 0 Å². The number of halogens is 2. The molecule has 0 radical (unpaired) electrons. The third kappa shape index (κ3) is 3.75. The van der Waals surface area contributed by atoms with Gasteiger partial charge in [0.1, 0.15) is 5.50 Å². The normalized spacial score (nSPS) is 13.6. The monoisotopic (exact) mass is 398 g/mol. The van der Waals surface area contributed by atoms with Crippen LogP contribution in [-0.4, -0.2) is 9.55 Å². The molecule has 0 saturated carbocycles. The van der Waals surface area contributed by atoms with Crippen LogP contribution in [0.15, 0.2) is 90.3 Å². The zero-order valence-corrected chi connectivity index (χ0v) is 16.1. The summed E-state index contributed by atoms with van der Waals surface area (Å²) in [6.45, 7) is 0. The maximum absolute atomic E-state index is 6.83. The maximum Gasteiger partial charge on any atom is 0.125 e. The quantitative estimate of drug-likeness (QED) is 0.267. The topological polar surface area (TPSA) is 17.8 Å². The van der Waals surface area contributed by atoms with Gasteiger partial charge in [-0.25, -0.2) is 4.98 Å². The van der Waals surface area contributed by atoms with Crippen LogP contribution in [-0.2, 0) is 0 Å². The number of rotatable bonds is 5. The Morgan fingerprint density at radius 1 is 0.923 bits per heavy atom. The number of alkyl halides is 1. The van der Waals surface area contributed by atoms with Crippen molar-refractivity contribution in [1.82, 2.24) is 9.55 Å². The Labute approximate surface area is 166 Å². The van der Waals surface area contributed by atoms with E-state index in [1.165, 1.54) is 15.7 Å². The van der Waals surface area contributed by atoms with Crippen molar-refractivity contribution in [2.24, 2.45) is 0 Å². The van der Waals surface area contributed by atoms with Gasteiger partial charge in [0.25, 0.3) is 0 Å². The van der Waals surface area contributed by atoms with Crippen LogP contribution in [0.1, 0.15) is 16.3 Å². The van der Waals surface area contributed by atoms with E-state index in [0.717, 1.165) is 10.6 Å². The number of hydrogen-bond acceptors (Lipinski definition) is 2. The van der Waals surface area contributed by atoms with E-state index in [1.807, 2.05) is 35.0 Å². The van der Waals surface area contributed by atoms with Gasteiger partial charge in [0, 0.05) is 22.3 Å². The van der Waals surface area contributed by atoms with E-state index in [1.54, 1.807) is 24.3 Å². The number of thioether (sulfide) groups is 1. The summed E-state index contributed by atoms with van der Waals surface area (Å²) in [7, 11) is 0. The lowest BCUT2D eigenvalue weighted by molar-refractivity contribution is 0.651. The first-order valence-corrected chi connectivity index (χ1v) is 9.92. The highest BCUT2D eigenvalue weighted by atomic mass is 35.5. The molecule has 4 rings (SSSR count). The van der Waals surface area contributed by atoms with Crippen LogP contribution in [0, 0.1) is 0 Å². The molecule has 0 bridgehead atoms. The first-order chi connectivity index (χ1) is 12.7. The summed E-state index contributed by atoms with van der Waals surface area (Å²) in [5.74, 6) is 0.